The van der Waals surface area contributed by atoms with Crippen molar-refractivity contribution < 1.29 is 18.4 Å². The van der Waals surface area contributed by atoms with Crippen LogP contribution in [0.4, 0.5) is 14.5 Å². The molecule has 0 aliphatic carbocycles. The van der Waals surface area contributed by atoms with Crippen molar-refractivity contribution in [2.24, 2.45) is 0 Å². The number of hydrogen-bond acceptors (Lipinski definition) is 3. The summed E-state index contributed by atoms with van der Waals surface area (Å²) in [6.07, 6.45) is -0.0139. The van der Waals surface area contributed by atoms with Gasteiger partial charge in [0.15, 0.2) is 11.6 Å². The van der Waals surface area contributed by atoms with Crippen LogP contribution < -0.4 is 10.6 Å². The van der Waals surface area contributed by atoms with Crippen molar-refractivity contribution in [1.82, 2.24) is 14.9 Å². The number of nitrogens with zero attached hydrogens (tertiary/aromatic N) is 2. The lowest BCUT2D eigenvalue weighted by Gasteiger charge is -2.11. The second-order valence-electron chi connectivity index (χ2n) is 7.22. The molecule has 0 unspecified atom stereocenters. The molecule has 4 rings (SSSR count). The summed E-state index contributed by atoms with van der Waals surface area (Å²) < 4.78 is 28.2. The first kappa shape index (κ1) is 21.2. The van der Waals surface area contributed by atoms with E-state index in [0.29, 0.717) is 23.4 Å². The average molecular weight is 434 g/mol. The van der Waals surface area contributed by atoms with E-state index in [1.165, 1.54) is 6.07 Å². The maximum Gasteiger partial charge on any atom is 0.244 e. The van der Waals surface area contributed by atoms with Crippen LogP contribution in [0.15, 0.2) is 72.8 Å². The van der Waals surface area contributed by atoms with E-state index in [0.717, 1.165) is 17.7 Å². The van der Waals surface area contributed by atoms with E-state index in [1.807, 2.05) is 42.5 Å². The van der Waals surface area contributed by atoms with Crippen LogP contribution in [0.3, 0.4) is 0 Å². The third-order valence-corrected chi connectivity index (χ3v) is 4.89. The number of carbonyl (C=O) groups is 2. The number of fused-ring (bicyclic) bond motifs is 1. The van der Waals surface area contributed by atoms with Crippen LogP contribution >= 0.6 is 0 Å². The van der Waals surface area contributed by atoms with Gasteiger partial charge >= 0.3 is 0 Å². The second-order valence-corrected chi connectivity index (χ2v) is 7.22. The number of benzene rings is 3. The van der Waals surface area contributed by atoms with E-state index in [2.05, 4.69) is 15.6 Å². The molecular weight excluding hydrogens is 414 g/mol. The van der Waals surface area contributed by atoms with Gasteiger partial charge in [0.1, 0.15) is 12.4 Å². The van der Waals surface area contributed by atoms with Gasteiger partial charge in [0.25, 0.3) is 0 Å². The summed E-state index contributed by atoms with van der Waals surface area (Å²) >= 11 is 0. The molecule has 6 nitrogen and oxygen atoms in total. The van der Waals surface area contributed by atoms with E-state index in [-0.39, 0.29) is 24.6 Å². The van der Waals surface area contributed by atoms with Crippen LogP contribution in [0.1, 0.15) is 11.4 Å². The molecule has 0 radical (unpaired) electrons. The van der Waals surface area contributed by atoms with Crippen molar-refractivity contribution in [3.8, 4) is 0 Å². The summed E-state index contributed by atoms with van der Waals surface area (Å²) in [7, 11) is 0. The Balaban J connectivity index is 1.50. The predicted molar refractivity (Wildman–Crippen MR) is 117 cm³/mol. The van der Waals surface area contributed by atoms with Crippen LogP contribution in [-0.4, -0.2) is 21.4 Å². The first-order valence-electron chi connectivity index (χ1n) is 9.99. The van der Waals surface area contributed by atoms with Crippen molar-refractivity contribution in [3.05, 3.63) is 95.8 Å². The Kier molecular flexibility index (Phi) is 6.21. The number of aromatic nitrogens is 2. The minimum atomic E-state index is -1.05. The van der Waals surface area contributed by atoms with Gasteiger partial charge in [-0.2, -0.15) is 0 Å². The molecule has 2 amide bonds. The van der Waals surface area contributed by atoms with E-state index < -0.39 is 17.5 Å². The largest absolute Gasteiger partial charge is 0.352 e. The highest BCUT2D eigenvalue weighted by Gasteiger charge is 2.17. The molecule has 4 aromatic rings. The molecule has 32 heavy (non-hydrogen) atoms. The van der Waals surface area contributed by atoms with Gasteiger partial charge in [-0.25, -0.2) is 13.8 Å². The lowest BCUT2D eigenvalue weighted by molar-refractivity contribution is -0.121. The molecule has 162 valence electrons. The molecule has 0 fully saturated rings. The minimum absolute atomic E-state index is 0.0139. The Bertz CT molecular complexity index is 1270. The Morgan fingerprint density at radius 2 is 1.62 bits per heavy atom. The molecule has 0 saturated carbocycles. The van der Waals surface area contributed by atoms with Gasteiger partial charge in [-0.05, 0) is 29.8 Å². The third-order valence-electron chi connectivity index (χ3n) is 4.89. The summed E-state index contributed by atoms with van der Waals surface area (Å²) in [5.41, 5.74) is 2.46. The number of para-hydroxylation sites is 2. The molecule has 0 aliphatic rings. The number of carbonyl (C=O) groups excluding carboxylic acids is 2. The van der Waals surface area contributed by atoms with Crippen molar-refractivity contribution in [3.63, 3.8) is 0 Å². The molecule has 3 aromatic carbocycles. The Morgan fingerprint density at radius 3 is 2.41 bits per heavy atom. The highest BCUT2D eigenvalue weighted by Crippen LogP contribution is 2.18. The van der Waals surface area contributed by atoms with Gasteiger partial charge in [0, 0.05) is 18.3 Å². The molecule has 2 N–H and O–H groups in total. The first-order chi connectivity index (χ1) is 15.5. The van der Waals surface area contributed by atoms with Crippen molar-refractivity contribution >= 4 is 28.5 Å². The number of rotatable bonds is 7. The maximum absolute atomic E-state index is 13.4. The van der Waals surface area contributed by atoms with Gasteiger partial charge in [0.2, 0.25) is 11.8 Å². The van der Waals surface area contributed by atoms with E-state index in [4.69, 9.17) is 0 Å². The molecule has 0 spiro atoms. The summed E-state index contributed by atoms with van der Waals surface area (Å²) in [6, 6.07) is 19.9. The Hall–Kier alpha value is -4.07. The zero-order valence-corrected chi connectivity index (χ0v) is 17.0. The van der Waals surface area contributed by atoms with Gasteiger partial charge in [0.05, 0.1) is 17.5 Å². The fraction of sp³-hybridized carbons (Fsp3) is 0.125. The monoisotopic (exact) mass is 434 g/mol. The molecule has 0 saturated heterocycles. The van der Waals surface area contributed by atoms with E-state index in [9.17, 15) is 18.4 Å². The molecule has 0 bridgehead atoms. The number of imidazole rings is 1. The first-order valence-corrected chi connectivity index (χ1v) is 9.99. The summed E-state index contributed by atoms with van der Waals surface area (Å²) in [4.78, 5) is 29.6. The second kappa shape index (κ2) is 9.38. The number of amides is 2. The van der Waals surface area contributed by atoms with Crippen LogP contribution in [-0.2, 0) is 29.1 Å². The van der Waals surface area contributed by atoms with Crippen LogP contribution in [0.5, 0.6) is 0 Å². The van der Waals surface area contributed by atoms with Crippen molar-refractivity contribution in [2.45, 2.75) is 19.5 Å². The quantitative estimate of drug-likeness (QED) is 0.465. The molecule has 1 aromatic heterocycles. The summed E-state index contributed by atoms with van der Waals surface area (Å²) in [5.74, 6) is -2.30. The minimum Gasteiger partial charge on any atom is -0.352 e. The van der Waals surface area contributed by atoms with Crippen molar-refractivity contribution in [1.29, 1.82) is 0 Å². The third kappa shape index (κ3) is 4.97. The predicted octanol–water partition coefficient (Wildman–Crippen LogP) is 3.81. The maximum atomic E-state index is 13.4. The van der Waals surface area contributed by atoms with E-state index >= 15 is 0 Å². The normalized spacial score (nSPS) is 10.8. The average Bonchev–Trinajstić information content (AvgIpc) is 3.12. The van der Waals surface area contributed by atoms with Crippen LogP contribution in [0, 0.1) is 11.6 Å². The van der Waals surface area contributed by atoms with Gasteiger partial charge in [-0.1, -0.05) is 42.5 Å². The van der Waals surface area contributed by atoms with Crippen LogP contribution in [0.2, 0.25) is 0 Å². The molecule has 1 heterocycles. The lowest BCUT2D eigenvalue weighted by atomic mass is 10.2. The number of anilines is 1. The number of halogens is 2. The Labute approximate surface area is 182 Å². The highest BCUT2D eigenvalue weighted by atomic mass is 19.2. The standard InChI is InChI=1S/C24H20F2N4O2/c25-18-11-10-17(12-19(18)26)28-24(32)15-30-21-9-5-4-8-20(21)29-22(30)13-23(31)27-14-16-6-2-1-3-7-16/h1-12H,13-15H2,(H,27,31)(H,28,32). The molecule has 0 atom stereocenters. The smallest absolute Gasteiger partial charge is 0.244 e. The van der Waals surface area contributed by atoms with Crippen LogP contribution in [0.25, 0.3) is 11.0 Å². The summed E-state index contributed by atoms with van der Waals surface area (Å²) in [6.45, 7) is 0.247. The molecular formula is C24H20F2N4O2. The van der Waals surface area contributed by atoms with Gasteiger partial charge in [-0.3, -0.25) is 9.59 Å². The van der Waals surface area contributed by atoms with E-state index in [1.54, 1.807) is 16.7 Å². The zero-order valence-electron chi connectivity index (χ0n) is 17.0. The van der Waals surface area contributed by atoms with Gasteiger partial charge < -0.3 is 15.2 Å². The lowest BCUT2D eigenvalue weighted by Crippen LogP contribution is -2.27. The highest BCUT2D eigenvalue weighted by molar-refractivity contribution is 5.92. The number of nitrogens with one attached hydrogen (secondary N) is 2. The topological polar surface area (TPSA) is 76.0 Å². The fourth-order valence-electron chi connectivity index (χ4n) is 3.36. The Morgan fingerprint density at radius 1 is 0.875 bits per heavy atom. The molecule has 8 heteroatoms. The fourth-order valence-corrected chi connectivity index (χ4v) is 3.36. The summed E-state index contributed by atoms with van der Waals surface area (Å²) in [5, 5.41) is 5.40. The SMILES string of the molecule is O=C(Cc1nc2ccccc2n1CC(=O)Nc1ccc(F)c(F)c1)NCc1ccccc1. The number of hydrogen-bond donors (Lipinski definition) is 2. The zero-order chi connectivity index (χ0) is 22.5. The van der Waals surface area contributed by atoms with Gasteiger partial charge in [-0.15, -0.1) is 0 Å². The van der Waals surface area contributed by atoms with Crippen molar-refractivity contribution in [2.75, 3.05) is 5.32 Å². The molecule has 0 aliphatic heterocycles.